The number of sulfonamides is 1. The number of hydrogen-bond acceptors (Lipinski definition) is 3. The lowest BCUT2D eigenvalue weighted by Gasteiger charge is -2.09. The van der Waals surface area contributed by atoms with Crippen LogP contribution in [0.1, 0.15) is 28.8 Å². The Bertz CT molecular complexity index is 627. The molecule has 0 atom stereocenters. The first-order valence-electron chi connectivity index (χ1n) is 5.98. The topological polar surface area (TPSA) is 89.3 Å². The first-order valence-corrected chi connectivity index (χ1v) is 7.53. The average Bonchev–Trinajstić information content (AvgIpc) is 2.31. The van der Waals surface area contributed by atoms with Gasteiger partial charge in [0, 0.05) is 18.5 Å². The minimum Gasteiger partial charge on any atom is -0.352 e. The van der Waals surface area contributed by atoms with E-state index in [1.807, 2.05) is 0 Å². The number of halogens is 3. The van der Waals surface area contributed by atoms with E-state index < -0.39 is 28.5 Å². The van der Waals surface area contributed by atoms with E-state index >= 15 is 0 Å². The summed E-state index contributed by atoms with van der Waals surface area (Å²) in [5, 5.41) is 7.28. The maximum absolute atomic E-state index is 11.9. The van der Waals surface area contributed by atoms with Gasteiger partial charge in [-0.15, -0.1) is 0 Å². The number of carbonyl (C=O) groups is 1. The molecule has 0 heterocycles. The van der Waals surface area contributed by atoms with Crippen molar-refractivity contribution in [1.29, 1.82) is 0 Å². The van der Waals surface area contributed by atoms with Crippen molar-refractivity contribution in [2.75, 3.05) is 6.54 Å². The van der Waals surface area contributed by atoms with Gasteiger partial charge in [-0.1, -0.05) is 0 Å². The second-order valence-corrected chi connectivity index (χ2v) is 6.12. The summed E-state index contributed by atoms with van der Waals surface area (Å²) in [7, 11) is -3.95. The van der Waals surface area contributed by atoms with Crippen LogP contribution in [-0.4, -0.2) is 27.0 Å². The SMILES string of the molecule is Cc1cc(C(=O)NCCCC(F)(F)F)cc(S(N)(=O)=O)c1. The molecule has 1 aromatic rings. The van der Waals surface area contributed by atoms with Crippen LogP contribution in [0.4, 0.5) is 13.2 Å². The summed E-state index contributed by atoms with van der Waals surface area (Å²) in [6.07, 6.45) is -5.51. The molecule has 0 spiro atoms. The fourth-order valence-corrected chi connectivity index (χ4v) is 2.28. The molecule has 0 aromatic heterocycles. The largest absolute Gasteiger partial charge is 0.389 e. The van der Waals surface area contributed by atoms with Gasteiger partial charge in [-0.25, -0.2) is 13.6 Å². The molecular weight excluding hydrogens is 309 g/mol. The molecule has 118 valence electrons. The standard InChI is InChI=1S/C12H15F3N2O3S/c1-8-5-9(7-10(6-8)21(16,19)20)11(18)17-4-2-3-12(13,14)15/h5-7H,2-4H2,1H3,(H,17,18)(H2,16,19,20). The summed E-state index contributed by atoms with van der Waals surface area (Å²) in [5.41, 5.74) is 0.535. The van der Waals surface area contributed by atoms with E-state index in [1.165, 1.54) is 12.1 Å². The molecule has 0 fully saturated rings. The third-order valence-electron chi connectivity index (χ3n) is 2.56. The van der Waals surface area contributed by atoms with Crippen molar-refractivity contribution in [3.63, 3.8) is 0 Å². The minimum atomic E-state index is -4.27. The Balaban J connectivity index is 2.73. The number of alkyl halides is 3. The highest BCUT2D eigenvalue weighted by atomic mass is 32.2. The third kappa shape index (κ3) is 6.13. The molecule has 3 N–H and O–H groups in total. The van der Waals surface area contributed by atoms with Crippen molar-refractivity contribution in [1.82, 2.24) is 5.32 Å². The zero-order valence-corrected chi connectivity index (χ0v) is 12.0. The lowest BCUT2D eigenvalue weighted by Crippen LogP contribution is -2.26. The molecule has 0 radical (unpaired) electrons. The summed E-state index contributed by atoms with van der Waals surface area (Å²) in [5.74, 6) is -0.647. The first kappa shape index (κ1) is 17.4. The number of hydrogen-bond donors (Lipinski definition) is 2. The number of nitrogens with two attached hydrogens (primary N) is 1. The van der Waals surface area contributed by atoms with Gasteiger partial charge in [-0.05, 0) is 37.1 Å². The van der Waals surface area contributed by atoms with Gasteiger partial charge in [0.05, 0.1) is 4.90 Å². The van der Waals surface area contributed by atoms with Gasteiger partial charge in [-0.2, -0.15) is 13.2 Å². The van der Waals surface area contributed by atoms with Gasteiger partial charge in [0.15, 0.2) is 0 Å². The number of primary sulfonamides is 1. The molecule has 5 nitrogen and oxygen atoms in total. The predicted octanol–water partition coefficient (Wildman–Crippen LogP) is 1.71. The van der Waals surface area contributed by atoms with E-state index in [2.05, 4.69) is 5.32 Å². The third-order valence-corrected chi connectivity index (χ3v) is 3.46. The van der Waals surface area contributed by atoms with Crippen LogP contribution in [-0.2, 0) is 10.0 Å². The monoisotopic (exact) mass is 324 g/mol. The smallest absolute Gasteiger partial charge is 0.352 e. The zero-order chi connectivity index (χ0) is 16.3. The molecule has 1 amide bonds. The summed E-state index contributed by atoms with van der Waals surface area (Å²) in [6, 6.07) is 3.81. The molecule has 9 heteroatoms. The fourth-order valence-electron chi connectivity index (χ4n) is 1.64. The molecule has 0 aliphatic rings. The molecule has 1 rings (SSSR count). The van der Waals surface area contributed by atoms with Crippen molar-refractivity contribution in [2.24, 2.45) is 5.14 Å². The maximum atomic E-state index is 11.9. The van der Waals surface area contributed by atoms with Crippen LogP contribution in [0, 0.1) is 6.92 Å². The summed E-state index contributed by atoms with van der Waals surface area (Å²) in [4.78, 5) is 11.6. The van der Waals surface area contributed by atoms with Crippen LogP contribution < -0.4 is 10.5 Å². The molecular formula is C12H15F3N2O3S. The van der Waals surface area contributed by atoms with Gasteiger partial charge in [0.2, 0.25) is 10.0 Å². The lowest BCUT2D eigenvalue weighted by atomic mass is 10.1. The molecule has 1 aromatic carbocycles. The van der Waals surface area contributed by atoms with E-state index in [1.54, 1.807) is 6.92 Å². The van der Waals surface area contributed by atoms with Crippen LogP contribution in [0.15, 0.2) is 23.1 Å². The highest BCUT2D eigenvalue weighted by molar-refractivity contribution is 7.89. The van der Waals surface area contributed by atoms with Gasteiger partial charge >= 0.3 is 6.18 Å². The van der Waals surface area contributed by atoms with Gasteiger partial charge in [0.1, 0.15) is 0 Å². The van der Waals surface area contributed by atoms with Crippen molar-refractivity contribution < 1.29 is 26.4 Å². The second kappa shape index (κ2) is 6.44. The normalized spacial score (nSPS) is 12.2. The Morgan fingerprint density at radius 2 is 1.90 bits per heavy atom. The van der Waals surface area contributed by atoms with E-state index in [4.69, 9.17) is 5.14 Å². The van der Waals surface area contributed by atoms with Crippen LogP contribution >= 0.6 is 0 Å². The minimum absolute atomic E-state index is 0.0334. The van der Waals surface area contributed by atoms with Gasteiger partial charge < -0.3 is 5.32 Å². The summed E-state index contributed by atoms with van der Waals surface area (Å²) < 4.78 is 58.3. The average molecular weight is 324 g/mol. The number of nitrogens with one attached hydrogen (secondary N) is 1. The summed E-state index contributed by atoms with van der Waals surface area (Å²) in [6.45, 7) is 1.42. The van der Waals surface area contributed by atoms with Crippen molar-refractivity contribution in [3.05, 3.63) is 29.3 Å². The molecule has 0 saturated heterocycles. The number of rotatable bonds is 5. The highest BCUT2D eigenvalue weighted by Gasteiger charge is 2.26. The number of aryl methyl sites for hydroxylation is 1. The van der Waals surface area contributed by atoms with Crippen LogP contribution in [0.25, 0.3) is 0 Å². The van der Waals surface area contributed by atoms with Gasteiger partial charge in [0.25, 0.3) is 5.91 Å². The summed E-state index contributed by atoms with van der Waals surface area (Å²) >= 11 is 0. The number of benzene rings is 1. The number of carbonyl (C=O) groups excluding carboxylic acids is 1. The van der Waals surface area contributed by atoms with Crippen LogP contribution in [0.3, 0.4) is 0 Å². The van der Waals surface area contributed by atoms with E-state index in [9.17, 15) is 26.4 Å². The predicted molar refractivity (Wildman–Crippen MR) is 70.2 cm³/mol. The van der Waals surface area contributed by atoms with Crippen LogP contribution in [0.5, 0.6) is 0 Å². The molecule has 0 saturated carbocycles. The Morgan fingerprint density at radius 1 is 1.29 bits per heavy atom. The van der Waals surface area contributed by atoms with E-state index in [-0.39, 0.29) is 23.4 Å². The first-order chi connectivity index (χ1) is 9.49. The Kier molecular flexibility index (Phi) is 5.35. The highest BCUT2D eigenvalue weighted by Crippen LogP contribution is 2.20. The zero-order valence-electron chi connectivity index (χ0n) is 11.2. The Labute approximate surface area is 120 Å². The molecule has 0 unspecified atom stereocenters. The maximum Gasteiger partial charge on any atom is 0.389 e. The molecule has 21 heavy (non-hydrogen) atoms. The van der Waals surface area contributed by atoms with Crippen LogP contribution in [0.2, 0.25) is 0 Å². The van der Waals surface area contributed by atoms with Crippen molar-refractivity contribution in [3.8, 4) is 0 Å². The molecule has 0 aliphatic carbocycles. The molecule has 0 aliphatic heterocycles. The van der Waals surface area contributed by atoms with Crippen molar-refractivity contribution in [2.45, 2.75) is 30.8 Å². The van der Waals surface area contributed by atoms with Crippen molar-refractivity contribution >= 4 is 15.9 Å². The van der Waals surface area contributed by atoms with E-state index in [0.29, 0.717) is 5.56 Å². The van der Waals surface area contributed by atoms with Gasteiger partial charge in [-0.3, -0.25) is 4.79 Å². The second-order valence-electron chi connectivity index (χ2n) is 4.55. The molecule has 0 bridgehead atoms. The lowest BCUT2D eigenvalue weighted by molar-refractivity contribution is -0.135. The quantitative estimate of drug-likeness (QED) is 0.808. The van der Waals surface area contributed by atoms with E-state index in [0.717, 1.165) is 6.07 Å². The number of amides is 1. The Morgan fingerprint density at radius 3 is 2.43 bits per heavy atom. The fraction of sp³-hybridized carbons (Fsp3) is 0.417. The Hall–Kier alpha value is -1.61.